The number of piperazine rings is 1. The predicted molar refractivity (Wildman–Crippen MR) is 146 cm³/mol. The van der Waals surface area contributed by atoms with E-state index in [1.54, 1.807) is 28.3 Å². The Balaban J connectivity index is 1.33. The number of hydrogen-bond acceptors (Lipinski definition) is 7. The molecule has 4 heterocycles. The number of benzene rings is 1. The van der Waals surface area contributed by atoms with Gasteiger partial charge in [0.1, 0.15) is 5.82 Å². The second-order valence-corrected chi connectivity index (χ2v) is 9.54. The highest BCUT2D eigenvalue weighted by atomic mass is 32.1. The van der Waals surface area contributed by atoms with E-state index in [1.807, 2.05) is 42.0 Å². The van der Waals surface area contributed by atoms with E-state index in [2.05, 4.69) is 51.0 Å². The van der Waals surface area contributed by atoms with Crippen molar-refractivity contribution >= 4 is 38.9 Å². The van der Waals surface area contributed by atoms with E-state index in [1.165, 1.54) is 0 Å². The highest BCUT2D eigenvalue weighted by Gasteiger charge is 2.20. The first-order valence-electron chi connectivity index (χ1n) is 11.6. The number of thiazole rings is 1. The molecule has 8 heteroatoms. The molecule has 7 nitrogen and oxygen atoms in total. The van der Waals surface area contributed by atoms with Crippen molar-refractivity contribution in [3.05, 3.63) is 84.7 Å². The number of rotatable bonds is 7. The molecule has 4 aromatic rings. The topological polar surface area (TPSA) is 76.1 Å². The second kappa shape index (κ2) is 9.85. The van der Waals surface area contributed by atoms with Gasteiger partial charge >= 0.3 is 0 Å². The third kappa shape index (κ3) is 4.62. The summed E-state index contributed by atoms with van der Waals surface area (Å²) in [7, 11) is 0. The Bertz CT molecular complexity index is 1390. The third-order valence-corrected chi connectivity index (χ3v) is 7.35. The molecule has 0 atom stereocenters. The molecular weight excluding hydrogens is 454 g/mol. The molecule has 1 aliphatic heterocycles. The Morgan fingerprint density at radius 1 is 1.14 bits per heavy atom. The smallest absolute Gasteiger partial charge is 0.185 e. The molecule has 0 saturated carbocycles. The first kappa shape index (κ1) is 23.0. The van der Waals surface area contributed by atoms with Crippen LogP contribution in [0, 0.1) is 0 Å². The van der Waals surface area contributed by atoms with Gasteiger partial charge in [0.05, 0.1) is 17.4 Å². The molecule has 1 fully saturated rings. The molecule has 178 valence electrons. The summed E-state index contributed by atoms with van der Waals surface area (Å²) in [6, 6.07) is 10.1. The minimum absolute atomic E-state index is 0.557. The van der Waals surface area contributed by atoms with Crippen LogP contribution in [0.3, 0.4) is 0 Å². The zero-order chi connectivity index (χ0) is 24.4. The monoisotopic (exact) mass is 483 g/mol. The number of aromatic nitrogens is 4. The maximum absolute atomic E-state index is 6.58. The van der Waals surface area contributed by atoms with Gasteiger partial charge in [-0.3, -0.25) is 9.88 Å². The van der Waals surface area contributed by atoms with E-state index >= 15 is 0 Å². The second-order valence-electron chi connectivity index (χ2n) is 8.67. The molecule has 0 aliphatic carbocycles. The van der Waals surface area contributed by atoms with Crippen molar-refractivity contribution in [2.75, 3.05) is 43.4 Å². The lowest BCUT2D eigenvalue weighted by atomic mass is 10.1. The van der Waals surface area contributed by atoms with Crippen molar-refractivity contribution in [3.63, 3.8) is 0 Å². The average Bonchev–Trinajstić information content (AvgIpc) is 3.55. The van der Waals surface area contributed by atoms with Crippen LogP contribution in [0.1, 0.15) is 6.92 Å². The minimum Gasteiger partial charge on any atom is -0.383 e. The lowest BCUT2D eigenvalue weighted by molar-refractivity contribution is 0.279. The van der Waals surface area contributed by atoms with Gasteiger partial charge in [0, 0.05) is 67.0 Å². The highest BCUT2D eigenvalue weighted by Crippen LogP contribution is 2.31. The van der Waals surface area contributed by atoms with Gasteiger partial charge in [0.15, 0.2) is 5.13 Å². The Morgan fingerprint density at radius 2 is 1.94 bits per heavy atom. The zero-order valence-electron chi connectivity index (χ0n) is 19.9. The van der Waals surface area contributed by atoms with Crippen LogP contribution in [0.15, 0.2) is 84.7 Å². The third-order valence-electron chi connectivity index (χ3n) is 6.52. The van der Waals surface area contributed by atoms with Crippen LogP contribution in [0.4, 0.5) is 10.9 Å². The molecule has 1 saturated heterocycles. The summed E-state index contributed by atoms with van der Waals surface area (Å²) < 4.78 is 1.75. The molecule has 0 spiro atoms. The van der Waals surface area contributed by atoms with Crippen LogP contribution in [0.25, 0.3) is 27.7 Å². The number of pyridine rings is 1. The van der Waals surface area contributed by atoms with Crippen molar-refractivity contribution in [1.82, 2.24) is 24.6 Å². The van der Waals surface area contributed by atoms with Gasteiger partial charge in [-0.05, 0) is 36.3 Å². The molecule has 1 aliphatic rings. The van der Waals surface area contributed by atoms with Crippen LogP contribution in [0.2, 0.25) is 0 Å². The lowest BCUT2D eigenvalue weighted by Gasteiger charge is -2.35. The molecular formula is C27H29N7S. The Morgan fingerprint density at radius 3 is 2.69 bits per heavy atom. The van der Waals surface area contributed by atoms with Crippen LogP contribution in [-0.4, -0.2) is 57.4 Å². The number of nitrogens with zero attached hydrogens (tertiary/aromatic N) is 6. The Hall–Kier alpha value is -3.75. The number of fused-ring (bicyclic) bond motifs is 1. The van der Waals surface area contributed by atoms with E-state index in [9.17, 15) is 0 Å². The van der Waals surface area contributed by atoms with Gasteiger partial charge in [-0.15, -0.1) is 11.3 Å². The zero-order valence-corrected chi connectivity index (χ0v) is 20.7. The standard InChI is InChI=1S/C27H29N7S/c1-4-25(20(3)19(2)18-32-10-12-33(13-11-32)27-29-9-14-35-27)34-26(28)23(17-31-34)22-15-21-7-5-6-8-24(21)30-16-22/h4-9,14-17H,1-2,10-13,18,28H2,3H3. The summed E-state index contributed by atoms with van der Waals surface area (Å²) in [6.45, 7) is 15.1. The van der Waals surface area contributed by atoms with E-state index in [0.717, 1.165) is 76.7 Å². The van der Waals surface area contributed by atoms with Gasteiger partial charge in [-0.1, -0.05) is 31.4 Å². The summed E-state index contributed by atoms with van der Waals surface area (Å²) in [5.41, 5.74) is 12.2. The number of nitrogens with two attached hydrogens (primary N) is 1. The largest absolute Gasteiger partial charge is 0.383 e. The van der Waals surface area contributed by atoms with Crippen LogP contribution >= 0.6 is 11.3 Å². The fraction of sp³-hybridized carbons (Fsp3) is 0.222. The first-order chi connectivity index (χ1) is 17.0. The van der Waals surface area contributed by atoms with Crippen molar-refractivity contribution in [3.8, 4) is 11.1 Å². The first-order valence-corrected chi connectivity index (χ1v) is 12.5. The van der Waals surface area contributed by atoms with Crippen LogP contribution in [0.5, 0.6) is 0 Å². The van der Waals surface area contributed by atoms with Gasteiger partial charge < -0.3 is 10.6 Å². The molecule has 5 rings (SSSR count). The van der Waals surface area contributed by atoms with Crippen molar-refractivity contribution in [1.29, 1.82) is 0 Å². The van der Waals surface area contributed by atoms with Crippen molar-refractivity contribution in [2.24, 2.45) is 0 Å². The number of allylic oxidation sites excluding steroid dienone is 2. The highest BCUT2D eigenvalue weighted by molar-refractivity contribution is 7.13. The summed E-state index contributed by atoms with van der Waals surface area (Å²) in [5.74, 6) is 0.557. The Labute approximate surface area is 209 Å². The van der Waals surface area contributed by atoms with Gasteiger partial charge in [0.2, 0.25) is 0 Å². The van der Waals surface area contributed by atoms with Crippen molar-refractivity contribution < 1.29 is 0 Å². The maximum Gasteiger partial charge on any atom is 0.185 e. The number of para-hydroxylation sites is 1. The number of hydrogen-bond donors (Lipinski definition) is 1. The molecule has 0 unspecified atom stereocenters. The number of nitrogen functional groups attached to an aromatic ring is 1. The molecule has 0 radical (unpaired) electrons. The SMILES string of the molecule is C=CC(=C(C)C(=C)CN1CCN(c2nccs2)CC1)n1ncc(-c2cnc3ccccc3c2)c1N. The van der Waals surface area contributed by atoms with Gasteiger partial charge in [-0.2, -0.15) is 5.10 Å². The van der Waals surface area contributed by atoms with E-state index < -0.39 is 0 Å². The van der Waals surface area contributed by atoms with E-state index in [4.69, 9.17) is 5.73 Å². The summed E-state index contributed by atoms with van der Waals surface area (Å²) in [4.78, 5) is 13.8. The molecule has 1 aromatic carbocycles. The van der Waals surface area contributed by atoms with Crippen LogP contribution < -0.4 is 10.6 Å². The average molecular weight is 484 g/mol. The fourth-order valence-electron chi connectivity index (χ4n) is 4.43. The fourth-order valence-corrected chi connectivity index (χ4v) is 5.12. The normalized spacial score (nSPS) is 15.3. The Kier molecular flexibility index (Phi) is 6.48. The quantitative estimate of drug-likeness (QED) is 0.376. The van der Waals surface area contributed by atoms with E-state index in [-0.39, 0.29) is 0 Å². The summed E-state index contributed by atoms with van der Waals surface area (Å²) in [5, 5.41) is 8.79. The van der Waals surface area contributed by atoms with Crippen molar-refractivity contribution in [2.45, 2.75) is 6.92 Å². The maximum atomic E-state index is 6.58. The minimum atomic E-state index is 0.557. The molecule has 2 N–H and O–H groups in total. The molecule has 0 bridgehead atoms. The molecule has 35 heavy (non-hydrogen) atoms. The van der Waals surface area contributed by atoms with E-state index in [0.29, 0.717) is 5.82 Å². The summed E-state index contributed by atoms with van der Waals surface area (Å²) in [6.07, 6.45) is 7.29. The van der Waals surface area contributed by atoms with Crippen LogP contribution in [-0.2, 0) is 0 Å². The predicted octanol–water partition coefficient (Wildman–Crippen LogP) is 4.93. The molecule has 3 aromatic heterocycles. The number of anilines is 2. The summed E-state index contributed by atoms with van der Waals surface area (Å²) >= 11 is 1.69. The van der Waals surface area contributed by atoms with Gasteiger partial charge in [-0.25, -0.2) is 9.67 Å². The molecule has 0 amide bonds. The van der Waals surface area contributed by atoms with Gasteiger partial charge in [0.25, 0.3) is 0 Å². The lowest BCUT2D eigenvalue weighted by Crippen LogP contribution is -2.46.